The highest BCUT2D eigenvalue weighted by Gasteiger charge is 2.37. The highest BCUT2D eigenvalue weighted by Crippen LogP contribution is 2.36. The van der Waals surface area contributed by atoms with Gasteiger partial charge in [-0.3, -0.25) is 0 Å². The van der Waals surface area contributed by atoms with E-state index in [1.165, 1.54) is 0 Å². The number of hydrogen-bond acceptors (Lipinski definition) is 4. The Labute approximate surface area is 107 Å². The van der Waals surface area contributed by atoms with Crippen LogP contribution in [0, 0.1) is 0 Å². The molecule has 1 heterocycles. The average Bonchev–Trinajstić information content (AvgIpc) is 2.80. The lowest BCUT2D eigenvalue weighted by molar-refractivity contribution is -0.0898. The van der Waals surface area contributed by atoms with Crippen LogP contribution in [0.4, 0.5) is 0 Å². The van der Waals surface area contributed by atoms with Gasteiger partial charge in [0, 0.05) is 12.2 Å². The van der Waals surface area contributed by atoms with Crippen molar-refractivity contribution >= 4 is 0 Å². The minimum atomic E-state index is -0.320. The normalized spacial score (nSPS) is 27.4. The maximum absolute atomic E-state index is 8.87. The first-order valence-electron chi connectivity index (χ1n) is 6.21. The van der Waals surface area contributed by atoms with Crippen LogP contribution in [0.1, 0.15) is 31.6 Å². The quantitative estimate of drug-likeness (QED) is 0.873. The molecular weight excluding hydrogens is 232 g/mol. The van der Waals surface area contributed by atoms with Gasteiger partial charge < -0.3 is 19.3 Å². The van der Waals surface area contributed by atoms with Gasteiger partial charge >= 0.3 is 0 Å². The monoisotopic (exact) mass is 252 g/mol. The van der Waals surface area contributed by atoms with Gasteiger partial charge in [0.1, 0.15) is 5.75 Å². The van der Waals surface area contributed by atoms with Crippen molar-refractivity contribution in [2.24, 2.45) is 0 Å². The largest absolute Gasteiger partial charge is 0.497 e. The van der Waals surface area contributed by atoms with E-state index in [0.29, 0.717) is 6.61 Å². The molecule has 1 fully saturated rings. The predicted molar refractivity (Wildman–Crippen MR) is 67.5 cm³/mol. The Morgan fingerprint density at radius 1 is 1.39 bits per heavy atom. The highest BCUT2D eigenvalue weighted by atomic mass is 16.7. The van der Waals surface area contributed by atoms with E-state index in [0.717, 1.165) is 24.2 Å². The summed E-state index contributed by atoms with van der Waals surface area (Å²) in [5, 5.41) is 8.87. The number of hydrogen-bond donors (Lipinski definition) is 1. The third-order valence-electron chi connectivity index (χ3n) is 3.18. The van der Waals surface area contributed by atoms with Crippen LogP contribution in [0.25, 0.3) is 0 Å². The third kappa shape index (κ3) is 3.02. The van der Waals surface area contributed by atoms with Crippen LogP contribution in [0.15, 0.2) is 24.3 Å². The van der Waals surface area contributed by atoms with Crippen molar-refractivity contribution in [2.75, 3.05) is 20.3 Å². The van der Waals surface area contributed by atoms with E-state index in [9.17, 15) is 0 Å². The molecule has 1 aliphatic rings. The number of methoxy groups -OCH3 is 1. The van der Waals surface area contributed by atoms with E-state index in [4.69, 9.17) is 19.3 Å². The molecule has 0 saturated carbocycles. The Kier molecular flexibility index (Phi) is 4.22. The van der Waals surface area contributed by atoms with Crippen molar-refractivity contribution in [2.45, 2.75) is 31.7 Å². The fourth-order valence-corrected chi connectivity index (χ4v) is 2.09. The molecule has 1 aromatic carbocycles. The topological polar surface area (TPSA) is 47.9 Å². The SMILES string of the molecule is COc1ccc(C2OC[C@](C)(CCCO)O2)cc1. The smallest absolute Gasteiger partial charge is 0.184 e. The Morgan fingerprint density at radius 2 is 2.11 bits per heavy atom. The average molecular weight is 252 g/mol. The molecule has 0 radical (unpaired) electrons. The van der Waals surface area contributed by atoms with Gasteiger partial charge in [-0.05, 0) is 31.9 Å². The summed E-state index contributed by atoms with van der Waals surface area (Å²) >= 11 is 0. The fourth-order valence-electron chi connectivity index (χ4n) is 2.09. The highest BCUT2D eigenvalue weighted by molar-refractivity contribution is 5.28. The van der Waals surface area contributed by atoms with E-state index in [2.05, 4.69) is 0 Å². The van der Waals surface area contributed by atoms with Crippen LogP contribution in [0.2, 0.25) is 0 Å². The van der Waals surface area contributed by atoms with Crippen LogP contribution < -0.4 is 4.74 Å². The molecule has 2 rings (SSSR count). The van der Waals surface area contributed by atoms with Crippen molar-refractivity contribution in [1.29, 1.82) is 0 Å². The minimum Gasteiger partial charge on any atom is -0.497 e. The number of aliphatic hydroxyl groups is 1. The summed E-state index contributed by atoms with van der Waals surface area (Å²) in [4.78, 5) is 0. The van der Waals surface area contributed by atoms with Crippen molar-refractivity contribution < 1.29 is 19.3 Å². The van der Waals surface area contributed by atoms with Crippen LogP contribution >= 0.6 is 0 Å². The molecule has 18 heavy (non-hydrogen) atoms. The number of rotatable bonds is 5. The molecule has 1 saturated heterocycles. The summed E-state index contributed by atoms with van der Waals surface area (Å²) < 4.78 is 16.7. The molecule has 0 amide bonds. The van der Waals surface area contributed by atoms with Gasteiger partial charge in [0.2, 0.25) is 0 Å². The Hall–Kier alpha value is -1.10. The number of ether oxygens (including phenoxy) is 3. The predicted octanol–water partition coefficient (Wildman–Crippen LogP) is 2.27. The van der Waals surface area contributed by atoms with Crippen molar-refractivity contribution in [1.82, 2.24) is 0 Å². The van der Waals surface area contributed by atoms with E-state index in [1.54, 1.807) is 7.11 Å². The van der Waals surface area contributed by atoms with Gasteiger partial charge in [0.25, 0.3) is 0 Å². The maximum Gasteiger partial charge on any atom is 0.184 e. The molecule has 100 valence electrons. The standard InChI is InChI=1S/C14H20O4/c1-14(8-3-9-15)10-17-13(18-14)11-4-6-12(16-2)7-5-11/h4-7,13,15H,3,8-10H2,1-2H3/t13?,14-/m0/s1. The summed E-state index contributed by atoms with van der Waals surface area (Å²) in [6.07, 6.45) is 1.21. The Bertz CT molecular complexity index is 376. The summed E-state index contributed by atoms with van der Waals surface area (Å²) in [5.74, 6) is 0.819. The molecule has 0 bridgehead atoms. The molecule has 1 aliphatic heterocycles. The first-order chi connectivity index (χ1) is 8.67. The van der Waals surface area contributed by atoms with Crippen molar-refractivity contribution in [3.8, 4) is 5.75 Å². The molecule has 1 aromatic rings. The van der Waals surface area contributed by atoms with Crippen LogP contribution in [0.3, 0.4) is 0 Å². The first-order valence-corrected chi connectivity index (χ1v) is 6.21. The lowest BCUT2D eigenvalue weighted by Gasteiger charge is -2.21. The zero-order valence-electron chi connectivity index (χ0n) is 10.9. The van der Waals surface area contributed by atoms with Gasteiger partial charge in [-0.2, -0.15) is 0 Å². The first kappa shape index (κ1) is 13.3. The molecular formula is C14H20O4. The molecule has 4 heteroatoms. The number of benzene rings is 1. The number of aliphatic hydroxyl groups excluding tert-OH is 1. The van der Waals surface area contributed by atoms with Crippen LogP contribution in [-0.2, 0) is 9.47 Å². The van der Waals surface area contributed by atoms with Gasteiger partial charge in [-0.1, -0.05) is 12.1 Å². The second-order valence-electron chi connectivity index (χ2n) is 4.81. The van der Waals surface area contributed by atoms with Crippen LogP contribution in [-0.4, -0.2) is 31.0 Å². The maximum atomic E-state index is 8.87. The summed E-state index contributed by atoms with van der Waals surface area (Å²) in [6, 6.07) is 7.68. The Balaban J connectivity index is 1.98. The second-order valence-corrected chi connectivity index (χ2v) is 4.81. The zero-order chi connectivity index (χ0) is 13.0. The van der Waals surface area contributed by atoms with Gasteiger partial charge in [0.05, 0.1) is 19.3 Å². The van der Waals surface area contributed by atoms with E-state index in [-0.39, 0.29) is 18.5 Å². The molecule has 0 spiro atoms. The zero-order valence-corrected chi connectivity index (χ0v) is 10.9. The lowest BCUT2D eigenvalue weighted by atomic mass is 10.0. The van der Waals surface area contributed by atoms with Crippen molar-refractivity contribution in [3.63, 3.8) is 0 Å². The molecule has 1 N–H and O–H groups in total. The summed E-state index contributed by atoms with van der Waals surface area (Å²) in [6.45, 7) is 2.77. The summed E-state index contributed by atoms with van der Waals surface area (Å²) in [7, 11) is 1.64. The third-order valence-corrected chi connectivity index (χ3v) is 3.18. The van der Waals surface area contributed by atoms with E-state index >= 15 is 0 Å². The van der Waals surface area contributed by atoms with E-state index < -0.39 is 0 Å². The molecule has 0 aliphatic carbocycles. The fraction of sp³-hybridized carbons (Fsp3) is 0.571. The molecule has 4 nitrogen and oxygen atoms in total. The minimum absolute atomic E-state index is 0.187. The van der Waals surface area contributed by atoms with Crippen molar-refractivity contribution in [3.05, 3.63) is 29.8 Å². The second kappa shape index (κ2) is 5.69. The van der Waals surface area contributed by atoms with Gasteiger partial charge in [-0.25, -0.2) is 0 Å². The van der Waals surface area contributed by atoms with E-state index in [1.807, 2.05) is 31.2 Å². The molecule has 2 atom stereocenters. The van der Waals surface area contributed by atoms with Gasteiger partial charge in [0.15, 0.2) is 6.29 Å². The van der Waals surface area contributed by atoms with Gasteiger partial charge in [-0.15, -0.1) is 0 Å². The Morgan fingerprint density at radius 3 is 2.72 bits per heavy atom. The van der Waals surface area contributed by atoms with Crippen LogP contribution in [0.5, 0.6) is 5.75 Å². The molecule has 0 aromatic heterocycles. The lowest BCUT2D eigenvalue weighted by Crippen LogP contribution is -2.27. The molecule has 1 unspecified atom stereocenters. The summed E-state index contributed by atoms with van der Waals surface area (Å²) in [5.41, 5.74) is 0.691.